The number of thioether (sulfide) groups is 1. The maximum absolute atomic E-state index is 12.0. The summed E-state index contributed by atoms with van der Waals surface area (Å²) in [5.41, 5.74) is 1.54. The van der Waals surface area contributed by atoms with Crippen LogP contribution >= 0.6 is 11.8 Å². The van der Waals surface area contributed by atoms with Gasteiger partial charge in [-0.1, -0.05) is 31.2 Å². The first kappa shape index (κ1) is 16.2. The summed E-state index contributed by atoms with van der Waals surface area (Å²) in [7, 11) is 0. The second kappa shape index (κ2) is 7.69. The Morgan fingerprint density at radius 3 is 2.20 bits per heavy atom. The van der Waals surface area contributed by atoms with Crippen LogP contribution in [-0.4, -0.2) is 38.9 Å². The van der Waals surface area contributed by atoms with Crippen molar-refractivity contribution in [2.75, 3.05) is 5.75 Å². The van der Waals surface area contributed by atoms with Crippen molar-refractivity contribution in [3.8, 4) is 0 Å². The lowest BCUT2D eigenvalue weighted by molar-refractivity contribution is -0.136. The fraction of sp³-hybridized carbons (Fsp3) is 0.357. The molecular weight excluding hydrogens is 280 g/mol. The summed E-state index contributed by atoms with van der Waals surface area (Å²) >= 11 is 0.748. The molecule has 0 aliphatic carbocycles. The van der Waals surface area contributed by atoms with Crippen LogP contribution in [0.5, 0.6) is 0 Å². The van der Waals surface area contributed by atoms with E-state index < -0.39 is 17.2 Å². The normalized spacial score (nSPS) is 11.8. The van der Waals surface area contributed by atoms with Crippen LogP contribution in [0.15, 0.2) is 24.3 Å². The molecule has 0 fully saturated rings. The van der Waals surface area contributed by atoms with Crippen molar-refractivity contribution in [3.63, 3.8) is 0 Å². The Morgan fingerprint density at radius 1 is 1.15 bits per heavy atom. The third kappa shape index (κ3) is 5.05. The number of Topliss-reactive ketones (excluding diaryl/α,β-unsaturated/α-hetero) is 1. The Labute approximate surface area is 121 Å². The lowest BCUT2D eigenvalue weighted by atomic mass is 10.0. The molecule has 108 valence electrons. The number of carboxylic acids is 2. The predicted octanol–water partition coefficient (Wildman–Crippen LogP) is 2.09. The molecule has 1 aromatic rings. The summed E-state index contributed by atoms with van der Waals surface area (Å²) in [5.74, 6) is -2.90. The highest BCUT2D eigenvalue weighted by Gasteiger charge is 2.23. The molecule has 0 radical (unpaired) electrons. The van der Waals surface area contributed by atoms with E-state index >= 15 is 0 Å². The largest absolute Gasteiger partial charge is 0.481 e. The zero-order chi connectivity index (χ0) is 15.1. The highest BCUT2D eigenvalue weighted by molar-refractivity contribution is 8.01. The van der Waals surface area contributed by atoms with Gasteiger partial charge in [0.1, 0.15) is 5.25 Å². The SMILES string of the molecule is CCc1ccc(C(=O)C[C@H](SCC(=O)O)C(=O)O)cc1. The van der Waals surface area contributed by atoms with Gasteiger partial charge in [-0.3, -0.25) is 14.4 Å². The third-order valence-corrected chi connectivity index (χ3v) is 3.92. The van der Waals surface area contributed by atoms with Gasteiger partial charge in [-0.25, -0.2) is 0 Å². The molecule has 0 saturated heterocycles. The number of hydrogen-bond acceptors (Lipinski definition) is 4. The summed E-state index contributed by atoms with van der Waals surface area (Å²) < 4.78 is 0. The van der Waals surface area contributed by atoms with Crippen molar-refractivity contribution in [2.24, 2.45) is 0 Å². The molecule has 0 spiro atoms. The quantitative estimate of drug-likeness (QED) is 0.714. The molecule has 0 aromatic heterocycles. The molecule has 1 aromatic carbocycles. The summed E-state index contributed by atoms with van der Waals surface area (Å²) in [6.45, 7) is 2.00. The standard InChI is InChI=1S/C14H16O5S/c1-2-9-3-5-10(6-4-9)11(15)7-12(14(18)19)20-8-13(16)17/h3-6,12H,2,7-8H2,1H3,(H,16,17)(H,18,19)/t12-/m0/s1. The van der Waals surface area contributed by atoms with E-state index in [1.165, 1.54) is 0 Å². The number of rotatable bonds is 8. The molecule has 5 nitrogen and oxygen atoms in total. The van der Waals surface area contributed by atoms with Gasteiger partial charge in [0.05, 0.1) is 5.75 Å². The summed E-state index contributed by atoms with van der Waals surface area (Å²) in [6, 6.07) is 6.99. The minimum atomic E-state index is -1.17. The van der Waals surface area contributed by atoms with E-state index in [0.717, 1.165) is 23.7 Å². The molecule has 0 unspecified atom stereocenters. The van der Waals surface area contributed by atoms with Crippen molar-refractivity contribution in [1.82, 2.24) is 0 Å². The minimum absolute atomic E-state index is 0.210. The number of benzene rings is 1. The Kier molecular flexibility index (Phi) is 6.24. The van der Waals surface area contributed by atoms with E-state index in [1.54, 1.807) is 12.1 Å². The lowest BCUT2D eigenvalue weighted by Gasteiger charge is -2.10. The minimum Gasteiger partial charge on any atom is -0.481 e. The van der Waals surface area contributed by atoms with Gasteiger partial charge >= 0.3 is 11.9 Å². The van der Waals surface area contributed by atoms with E-state index in [1.807, 2.05) is 19.1 Å². The fourth-order valence-electron chi connectivity index (χ4n) is 1.60. The average Bonchev–Trinajstić information content (AvgIpc) is 2.42. The van der Waals surface area contributed by atoms with E-state index in [0.29, 0.717) is 5.56 Å². The van der Waals surface area contributed by atoms with Crippen LogP contribution in [0.2, 0.25) is 0 Å². The zero-order valence-corrected chi connectivity index (χ0v) is 11.9. The molecule has 2 N–H and O–H groups in total. The second-order valence-corrected chi connectivity index (χ2v) is 5.40. The molecule has 0 heterocycles. The smallest absolute Gasteiger partial charge is 0.317 e. The highest BCUT2D eigenvalue weighted by Crippen LogP contribution is 2.18. The molecule has 0 aliphatic rings. The maximum atomic E-state index is 12.0. The first-order valence-electron chi connectivity index (χ1n) is 6.12. The number of aryl methyl sites for hydroxylation is 1. The predicted molar refractivity (Wildman–Crippen MR) is 76.3 cm³/mol. The number of carbonyl (C=O) groups is 3. The summed E-state index contributed by atoms with van der Waals surface area (Å²) in [5, 5.41) is 16.5. The van der Waals surface area contributed by atoms with Crippen LogP contribution in [0.1, 0.15) is 29.3 Å². The topological polar surface area (TPSA) is 91.7 Å². The molecule has 0 amide bonds. The number of carbonyl (C=O) groups excluding carboxylic acids is 1. The molecule has 0 bridgehead atoms. The second-order valence-electron chi connectivity index (χ2n) is 4.21. The van der Waals surface area contributed by atoms with Crippen molar-refractivity contribution < 1.29 is 24.6 Å². The van der Waals surface area contributed by atoms with Crippen molar-refractivity contribution in [3.05, 3.63) is 35.4 Å². The van der Waals surface area contributed by atoms with E-state index in [9.17, 15) is 14.4 Å². The molecular formula is C14H16O5S. The number of hydrogen-bond donors (Lipinski definition) is 2. The van der Waals surface area contributed by atoms with E-state index in [4.69, 9.17) is 10.2 Å². The monoisotopic (exact) mass is 296 g/mol. The summed E-state index contributed by atoms with van der Waals surface area (Å²) in [4.78, 5) is 33.4. The molecule has 0 saturated carbocycles. The first-order valence-corrected chi connectivity index (χ1v) is 7.17. The van der Waals surface area contributed by atoms with Gasteiger partial charge in [-0.05, 0) is 12.0 Å². The Morgan fingerprint density at radius 2 is 1.75 bits per heavy atom. The van der Waals surface area contributed by atoms with E-state index in [2.05, 4.69) is 0 Å². The number of carboxylic acid groups (broad SMARTS) is 2. The lowest BCUT2D eigenvalue weighted by Crippen LogP contribution is -2.22. The Balaban J connectivity index is 2.69. The molecule has 1 atom stereocenters. The van der Waals surface area contributed by atoms with Gasteiger partial charge in [0, 0.05) is 12.0 Å². The first-order chi connectivity index (χ1) is 9.43. The average molecular weight is 296 g/mol. The van der Waals surface area contributed by atoms with Crippen LogP contribution in [0.25, 0.3) is 0 Å². The Bertz CT molecular complexity index is 495. The van der Waals surface area contributed by atoms with Crippen molar-refractivity contribution >= 4 is 29.5 Å². The highest BCUT2D eigenvalue weighted by atomic mass is 32.2. The van der Waals surface area contributed by atoms with E-state index in [-0.39, 0.29) is 18.0 Å². The molecule has 6 heteroatoms. The number of aliphatic carboxylic acids is 2. The molecule has 20 heavy (non-hydrogen) atoms. The zero-order valence-electron chi connectivity index (χ0n) is 11.0. The fourth-order valence-corrected chi connectivity index (χ4v) is 2.36. The third-order valence-electron chi connectivity index (χ3n) is 2.74. The van der Waals surface area contributed by atoms with Gasteiger partial charge in [-0.15, -0.1) is 11.8 Å². The molecule has 1 rings (SSSR count). The molecule has 0 aliphatic heterocycles. The van der Waals surface area contributed by atoms with Gasteiger partial charge in [-0.2, -0.15) is 0 Å². The number of ketones is 1. The van der Waals surface area contributed by atoms with Gasteiger partial charge in [0.2, 0.25) is 0 Å². The van der Waals surface area contributed by atoms with Gasteiger partial charge < -0.3 is 10.2 Å². The van der Waals surface area contributed by atoms with Crippen LogP contribution in [-0.2, 0) is 16.0 Å². The van der Waals surface area contributed by atoms with Crippen LogP contribution in [0.4, 0.5) is 0 Å². The van der Waals surface area contributed by atoms with Gasteiger partial charge in [0.25, 0.3) is 0 Å². The van der Waals surface area contributed by atoms with Crippen LogP contribution in [0, 0.1) is 0 Å². The van der Waals surface area contributed by atoms with Crippen LogP contribution < -0.4 is 0 Å². The Hall–Kier alpha value is -1.82. The van der Waals surface area contributed by atoms with Crippen LogP contribution in [0.3, 0.4) is 0 Å². The maximum Gasteiger partial charge on any atom is 0.317 e. The van der Waals surface area contributed by atoms with Crippen molar-refractivity contribution in [1.29, 1.82) is 0 Å². The summed E-state index contributed by atoms with van der Waals surface area (Å²) in [6.07, 6.45) is 0.652. The van der Waals surface area contributed by atoms with Crippen molar-refractivity contribution in [2.45, 2.75) is 25.0 Å². The van der Waals surface area contributed by atoms with Gasteiger partial charge in [0.15, 0.2) is 5.78 Å².